The van der Waals surface area contributed by atoms with Gasteiger partial charge in [-0.1, -0.05) is 35.9 Å². The molecule has 1 N–H and O–H groups in total. The van der Waals surface area contributed by atoms with Gasteiger partial charge in [0.15, 0.2) is 0 Å². The number of halogens is 1. The van der Waals surface area contributed by atoms with Crippen LogP contribution in [0.5, 0.6) is 5.75 Å². The van der Waals surface area contributed by atoms with E-state index in [0.29, 0.717) is 36.1 Å². The molecule has 0 saturated carbocycles. The van der Waals surface area contributed by atoms with Gasteiger partial charge in [-0.3, -0.25) is 4.79 Å². The highest BCUT2D eigenvalue weighted by Gasteiger charge is 2.11. The molecule has 0 atom stereocenters. The molecule has 5 heteroatoms. The van der Waals surface area contributed by atoms with Crippen LogP contribution < -0.4 is 10.1 Å². The van der Waals surface area contributed by atoms with E-state index in [1.165, 1.54) is 0 Å². The van der Waals surface area contributed by atoms with Crippen molar-refractivity contribution in [2.24, 2.45) is 0 Å². The first kappa shape index (κ1) is 17.3. The summed E-state index contributed by atoms with van der Waals surface area (Å²) in [4.78, 5) is 12.2. The maximum absolute atomic E-state index is 12.2. The number of hydrogen-bond acceptors (Lipinski definition) is 3. The molecule has 0 aromatic heterocycles. The van der Waals surface area contributed by atoms with Crippen LogP contribution in [0.3, 0.4) is 0 Å². The zero-order valence-electron chi connectivity index (χ0n) is 13.0. The lowest BCUT2D eigenvalue weighted by atomic mass is 10.2. The maximum atomic E-state index is 12.2. The second-order valence-electron chi connectivity index (χ2n) is 5.01. The quantitative estimate of drug-likeness (QED) is 0.749. The molecule has 0 fully saturated rings. The van der Waals surface area contributed by atoms with E-state index >= 15 is 0 Å². The first-order valence-corrected chi connectivity index (χ1v) is 7.82. The van der Waals surface area contributed by atoms with Gasteiger partial charge in [0, 0.05) is 25.3 Å². The number of benzene rings is 2. The highest BCUT2D eigenvalue weighted by atomic mass is 35.5. The Balaban J connectivity index is 1.96. The second-order valence-corrected chi connectivity index (χ2v) is 5.45. The van der Waals surface area contributed by atoms with E-state index in [1.807, 2.05) is 36.4 Å². The van der Waals surface area contributed by atoms with E-state index in [1.54, 1.807) is 19.2 Å². The Labute approximate surface area is 141 Å². The van der Waals surface area contributed by atoms with Crippen molar-refractivity contribution in [1.82, 2.24) is 5.32 Å². The smallest absolute Gasteiger partial charge is 0.255 e. The van der Waals surface area contributed by atoms with Crippen LogP contribution in [0.1, 0.15) is 22.3 Å². The van der Waals surface area contributed by atoms with Crippen molar-refractivity contribution in [2.45, 2.75) is 13.0 Å². The Kier molecular flexibility index (Phi) is 6.91. The first-order chi connectivity index (χ1) is 11.2. The minimum Gasteiger partial charge on any atom is -0.488 e. The lowest BCUT2D eigenvalue weighted by Gasteiger charge is -2.12. The Morgan fingerprint density at radius 2 is 1.87 bits per heavy atom. The third-order valence-electron chi connectivity index (χ3n) is 3.25. The Bertz CT molecular complexity index is 628. The van der Waals surface area contributed by atoms with Crippen molar-refractivity contribution in [1.29, 1.82) is 0 Å². The summed E-state index contributed by atoms with van der Waals surface area (Å²) in [5, 5.41) is 3.55. The number of nitrogens with one attached hydrogen (secondary N) is 1. The van der Waals surface area contributed by atoms with Gasteiger partial charge in [0.2, 0.25) is 0 Å². The van der Waals surface area contributed by atoms with Crippen molar-refractivity contribution in [2.75, 3.05) is 20.3 Å². The van der Waals surface area contributed by atoms with Gasteiger partial charge in [0.1, 0.15) is 12.4 Å². The maximum Gasteiger partial charge on any atom is 0.255 e. The summed E-state index contributed by atoms with van der Waals surface area (Å²) in [6.45, 7) is 1.57. The average molecular weight is 334 g/mol. The standard InChI is InChI=1S/C18H20ClNO3/c1-22-12-4-11-20-18(21)16-5-2-3-6-17(16)23-13-14-7-9-15(19)10-8-14/h2-3,5-10H,4,11-13H2,1H3,(H,20,21). The van der Waals surface area contributed by atoms with Crippen LogP contribution in [-0.2, 0) is 11.3 Å². The van der Waals surface area contributed by atoms with Crippen LogP contribution in [0.2, 0.25) is 5.02 Å². The number of ether oxygens (including phenoxy) is 2. The highest BCUT2D eigenvalue weighted by Crippen LogP contribution is 2.20. The molecule has 1 amide bonds. The largest absolute Gasteiger partial charge is 0.488 e. The third-order valence-corrected chi connectivity index (χ3v) is 3.50. The van der Waals surface area contributed by atoms with Gasteiger partial charge in [0.25, 0.3) is 5.91 Å². The fourth-order valence-corrected chi connectivity index (χ4v) is 2.16. The zero-order valence-corrected chi connectivity index (χ0v) is 13.8. The van der Waals surface area contributed by atoms with Gasteiger partial charge in [-0.2, -0.15) is 0 Å². The second kappa shape index (κ2) is 9.18. The molecule has 4 nitrogen and oxygen atoms in total. The number of rotatable bonds is 8. The molecule has 23 heavy (non-hydrogen) atoms. The topological polar surface area (TPSA) is 47.6 Å². The average Bonchev–Trinajstić information content (AvgIpc) is 2.58. The minimum atomic E-state index is -0.146. The number of carbonyl (C=O) groups is 1. The van der Waals surface area contributed by atoms with Crippen LogP contribution >= 0.6 is 11.6 Å². The summed E-state index contributed by atoms with van der Waals surface area (Å²) < 4.78 is 10.7. The van der Waals surface area contributed by atoms with E-state index in [-0.39, 0.29) is 5.91 Å². The molecule has 0 aliphatic rings. The number of para-hydroxylation sites is 1. The van der Waals surface area contributed by atoms with Gasteiger partial charge in [-0.15, -0.1) is 0 Å². The summed E-state index contributed by atoms with van der Waals surface area (Å²) >= 11 is 5.86. The molecule has 2 rings (SSSR count). The molecule has 0 aliphatic heterocycles. The van der Waals surface area contributed by atoms with Crippen molar-refractivity contribution >= 4 is 17.5 Å². The number of methoxy groups -OCH3 is 1. The van der Waals surface area contributed by atoms with E-state index < -0.39 is 0 Å². The first-order valence-electron chi connectivity index (χ1n) is 7.44. The van der Waals surface area contributed by atoms with Crippen LogP contribution in [0.4, 0.5) is 0 Å². The Hall–Kier alpha value is -2.04. The molecule has 0 bridgehead atoms. The summed E-state index contributed by atoms with van der Waals surface area (Å²) in [5.74, 6) is 0.416. The molecule has 0 spiro atoms. The van der Waals surface area contributed by atoms with Crippen LogP contribution in [-0.4, -0.2) is 26.2 Å². The van der Waals surface area contributed by atoms with Crippen LogP contribution in [0.25, 0.3) is 0 Å². The molecule has 2 aromatic rings. The molecule has 0 radical (unpaired) electrons. The van der Waals surface area contributed by atoms with E-state index in [0.717, 1.165) is 12.0 Å². The summed E-state index contributed by atoms with van der Waals surface area (Å²) in [7, 11) is 1.64. The van der Waals surface area contributed by atoms with E-state index in [4.69, 9.17) is 21.1 Å². The molecular formula is C18H20ClNO3. The minimum absolute atomic E-state index is 0.146. The Morgan fingerprint density at radius 1 is 1.13 bits per heavy atom. The number of carbonyl (C=O) groups excluding carboxylic acids is 1. The van der Waals surface area contributed by atoms with Crippen molar-refractivity contribution in [3.63, 3.8) is 0 Å². The van der Waals surface area contributed by atoms with Gasteiger partial charge in [0.05, 0.1) is 5.56 Å². The van der Waals surface area contributed by atoms with Crippen molar-refractivity contribution in [3.8, 4) is 5.75 Å². The third kappa shape index (κ3) is 5.58. The predicted octanol–water partition coefficient (Wildman–Crippen LogP) is 3.69. The molecule has 0 heterocycles. The summed E-state index contributed by atoms with van der Waals surface area (Å²) in [6, 6.07) is 14.6. The number of amides is 1. The fourth-order valence-electron chi connectivity index (χ4n) is 2.04. The molecular weight excluding hydrogens is 314 g/mol. The van der Waals surface area contributed by atoms with E-state index in [2.05, 4.69) is 5.32 Å². The van der Waals surface area contributed by atoms with Gasteiger partial charge in [-0.05, 0) is 36.2 Å². The summed E-state index contributed by atoms with van der Waals surface area (Å²) in [6.07, 6.45) is 0.774. The molecule has 0 unspecified atom stereocenters. The van der Waals surface area contributed by atoms with E-state index in [9.17, 15) is 4.79 Å². The zero-order chi connectivity index (χ0) is 16.5. The normalized spacial score (nSPS) is 10.3. The lowest BCUT2D eigenvalue weighted by Crippen LogP contribution is -2.25. The molecule has 122 valence electrons. The Morgan fingerprint density at radius 3 is 2.61 bits per heavy atom. The highest BCUT2D eigenvalue weighted by molar-refractivity contribution is 6.30. The molecule has 2 aromatic carbocycles. The monoisotopic (exact) mass is 333 g/mol. The van der Waals surface area contributed by atoms with Gasteiger partial charge in [-0.25, -0.2) is 0 Å². The SMILES string of the molecule is COCCCNC(=O)c1ccccc1OCc1ccc(Cl)cc1. The lowest BCUT2D eigenvalue weighted by molar-refractivity contribution is 0.0944. The predicted molar refractivity (Wildman–Crippen MR) is 91.1 cm³/mol. The van der Waals surface area contributed by atoms with Crippen LogP contribution in [0.15, 0.2) is 48.5 Å². The van der Waals surface area contributed by atoms with Gasteiger partial charge >= 0.3 is 0 Å². The summed E-state index contributed by atoms with van der Waals surface area (Å²) in [5.41, 5.74) is 1.52. The molecule has 0 aliphatic carbocycles. The van der Waals surface area contributed by atoms with Gasteiger partial charge < -0.3 is 14.8 Å². The van der Waals surface area contributed by atoms with Crippen molar-refractivity contribution < 1.29 is 14.3 Å². The fraction of sp³-hybridized carbons (Fsp3) is 0.278. The number of hydrogen-bond donors (Lipinski definition) is 1. The molecule has 0 saturated heterocycles. The van der Waals surface area contributed by atoms with Crippen LogP contribution in [0, 0.1) is 0 Å². The van der Waals surface area contributed by atoms with Crippen molar-refractivity contribution in [3.05, 3.63) is 64.7 Å².